The second-order valence-corrected chi connectivity index (χ2v) is 5.90. The van der Waals surface area contributed by atoms with Crippen LogP contribution in [0, 0.1) is 11.3 Å². The van der Waals surface area contributed by atoms with Crippen molar-refractivity contribution in [2.45, 2.75) is 18.8 Å². The van der Waals surface area contributed by atoms with Gasteiger partial charge < -0.3 is 14.2 Å². The number of aryl methyl sites for hydroxylation is 1. The van der Waals surface area contributed by atoms with Crippen LogP contribution in [0.5, 0.6) is 5.75 Å². The summed E-state index contributed by atoms with van der Waals surface area (Å²) in [6, 6.07) is 8.79. The molecule has 0 aliphatic carbocycles. The van der Waals surface area contributed by atoms with Crippen molar-refractivity contribution in [3.8, 4) is 11.8 Å². The second-order valence-electron chi connectivity index (χ2n) is 5.90. The SMILES string of the molecule is Cn1cnnc1[C@@H]1CCCN(C(=O)COc2ccc(C#N)cc2)C1. The van der Waals surface area contributed by atoms with Gasteiger partial charge in [-0.1, -0.05) is 0 Å². The minimum atomic E-state index is -0.0359. The van der Waals surface area contributed by atoms with Crippen LogP contribution in [-0.4, -0.2) is 45.3 Å². The fourth-order valence-electron chi connectivity index (χ4n) is 2.94. The average molecular weight is 325 g/mol. The molecule has 2 heterocycles. The van der Waals surface area contributed by atoms with Gasteiger partial charge in [0.2, 0.25) is 0 Å². The predicted molar refractivity (Wildman–Crippen MR) is 86.2 cm³/mol. The largest absolute Gasteiger partial charge is 0.484 e. The van der Waals surface area contributed by atoms with Gasteiger partial charge in [-0.25, -0.2) is 0 Å². The molecule has 1 fully saturated rings. The van der Waals surface area contributed by atoms with Gasteiger partial charge in [0, 0.05) is 26.1 Å². The molecule has 1 saturated heterocycles. The standard InChI is InChI=1S/C17H19N5O2/c1-21-12-19-20-17(21)14-3-2-8-22(10-14)16(23)11-24-15-6-4-13(9-18)5-7-15/h4-7,12,14H,2-3,8,10-11H2,1H3/t14-/m1/s1. The lowest BCUT2D eigenvalue weighted by Crippen LogP contribution is -2.42. The van der Waals surface area contributed by atoms with E-state index in [2.05, 4.69) is 10.2 Å². The molecule has 0 saturated carbocycles. The number of amides is 1. The molecule has 1 aromatic heterocycles. The molecule has 0 N–H and O–H groups in total. The molecule has 7 nitrogen and oxygen atoms in total. The minimum Gasteiger partial charge on any atom is -0.484 e. The van der Waals surface area contributed by atoms with E-state index in [1.54, 1.807) is 30.6 Å². The molecule has 0 radical (unpaired) electrons. The Labute approximate surface area is 140 Å². The zero-order valence-electron chi connectivity index (χ0n) is 13.6. The van der Waals surface area contributed by atoms with E-state index in [1.165, 1.54) is 0 Å². The number of piperidine rings is 1. The number of nitrogens with zero attached hydrogens (tertiary/aromatic N) is 5. The Bertz CT molecular complexity index is 747. The Kier molecular flexibility index (Phi) is 4.75. The van der Waals surface area contributed by atoms with Gasteiger partial charge in [-0.3, -0.25) is 4.79 Å². The van der Waals surface area contributed by atoms with E-state index >= 15 is 0 Å². The van der Waals surface area contributed by atoms with E-state index in [4.69, 9.17) is 10.00 Å². The van der Waals surface area contributed by atoms with Crippen molar-refractivity contribution in [3.63, 3.8) is 0 Å². The van der Waals surface area contributed by atoms with Crippen LogP contribution in [0.15, 0.2) is 30.6 Å². The van der Waals surface area contributed by atoms with Crippen LogP contribution in [-0.2, 0) is 11.8 Å². The lowest BCUT2D eigenvalue weighted by Gasteiger charge is -2.32. The van der Waals surface area contributed by atoms with Gasteiger partial charge in [-0.05, 0) is 37.1 Å². The van der Waals surface area contributed by atoms with Gasteiger partial charge in [0.15, 0.2) is 6.61 Å². The normalized spacial score (nSPS) is 17.3. The van der Waals surface area contributed by atoms with Crippen LogP contribution in [0.3, 0.4) is 0 Å². The predicted octanol–water partition coefficient (Wildman–Crippen LogP) is 1.47. The lowest BCUT2D eigenvalue weighted by atomic mass is 9.97. The number of rotatable bonds is 4. The number of benzene rings is 1. The van der Waals surface area contributed by atoms with E-state index in [9.17, 15) is 4.79 Å². The van der Waals surface area contributed by atoms with Crippen molar-refractivity contribution in [2.75, 3.05) is 19.7 Å². The van der Waals surface area contributed by atoms with Crippen molar-refractivity contribution in [1.29, 1.82) is 5.26 Å². The number of ether oxygens (including phenoxy) is 1. The quantitative estimate of drug-likeness (QED) is 0.850. The van der Waals surface area contributed by atoms with Crippen LogP contribution in [0.4, 0.5) is 0 Å². The summed E-state index contributed by atoms with van der Waals surface area (Å²) >= 11 is 0. The third kappa shape index (κ3) is 3.54. The van der Waals surface area contributed by atoms with Crippen LogP contribution in [0.1, 0.15) is 30.1 Å². The Balaban J connectivity index is 1.56. The molecule has 124 valence electrons. The van der Waals surface area contributed by atoms with E-state index in [1.807, 2.05) is 22.6 Å². The Hall–Kier alpha value is -2.88. The third-order valence-corrected chi connectivity index (χ3v) is 4.23. The highest BCUT2D eigenvalue weighted by Gasteiger charge is 2.27. The first-order valence-electron chi connectivity index (χ1n) is 7.92. The Morgan fingerprint density at radius 2 is 2.21 bits per heavy atom. The maximum atomic E-state index is 12.4. The molecule has 3 rings (SSSR count). The lowest BCUT2D eigenvalue weighted by molar-refractivity contribution is -0.134. The smallest absolute Gasteiger partial charge is 0.260 e. The highest BCUT2D eigenvalue weighted by molar-refractivity contribution is 5.78. The molecule has 1 aliphatic rings. The molecule has 2 aromatic rings. The highest BCUT2D eigenvalue weighted by Crippen LogP contribution is 2.25. The van der Waals surface area contributed by atoms with Gasteiger partial charge >= 0.3 is 0 Å². The zero-order valence-corrected chi connectivity index (χ0v) is 13.6. The van der Waals surface area contributed by atoms with Gasteiger partial charge in [0.25, 0.3) is 5.91 Å². The number of carbonyl (C=O) groups is 1. The van der Waals surface area contributed by atoms with Crippen LogP contribution >= 0.6 is 0 Å². The van der Waals surface area contributed by atoms with Crippen LogP contribution in [0.25, 0.3) is 0 Å². The summed E-state index contributed by atoms with van der Waals surface area (Å²) in [5, 5.41) is 16.9. The van der Waals surface area contributed by atoms with Crippen molar-refractivity contribution >= 4 is 5.91 Å². The number of aromatic nitrogens is 3. The monoisotopic (exact) mass is 325 g/mol. The zero-order chi connectivity index (χ0) is 16.9. The summed E-state index contributed by atoms with van der Waals surface area (Å²) < 4.78 is 7.45. The Morgan fingerprint density at radius 1 is 1.42 bits per heavy atom. The van der Waals surface area contributed by atoms with Crippen LogP contribution < -0.4 is 4.74 Å². The molecule has 1 atom stereocenters. The molecular weight excluding hydrogens is 306 g/mol. The van der Waals surface area contributed by atoms with E-state index in [0.29, 0.717) is 17.9 Å². The van der Waals surface area contributed by atoms with Crippen molar-refractivity contribution in [1.82, 2.24) is 19.7 Å². The fraction of sp³-hybridized carbons (Fsp3) is 0.412. The van der Waals surface area contributed by atoms with Gasteiger partial charge in [0.1, 0.15) is 17.9 Å². The molecule has 0 bridgehead atoms. The minimum absolute atomic E-state index is 0.00254. The number of hydrogen-bond acceptors (Lipinski definition) is 5. The second kappa shape index (κ2) is 7.13. The fourth-order valence-corrected chi connectivity index (χ4v) is 2.94. The van der Waals surface area contributed by atoms with Gasteiger partial charge in [-0.15, -0.1) is 10.2 Å². The van der Waals surface area contributed by atoms with Crippen molar-refractivity contribution in [2.24, 2.45) is 7.05 Å². The van der Waals surface area contributed by atoms with E-state index in [-0.39, 0.29) is 18.4 Å². The van der Waals surface area contributed by atoms with E-state index < -0.39 is 0 Å². The summed E-state index contributed by atoms with van der Waals surface area (Å²) in [5.41, 5.74) is 0.566. The topological polar surface area (TPSA) is 84.0 Å². The molecule has 7 heteroatoms. The molecular formula is C17H19N5O2. The molecule has 0 unspecified atom stereocenters. The van der Waals surface area contributed by atoms with Crippen LogP contribution in [0.2, 0.25) is 0 Å². The summed E-state index contributed by atoms with van der Waals surface area (Å²) in [6.45, 7) is 1.38. The average Bonchev–Trinajstić information content (AvgIpc) is 3.06. The van der Waals surface area contributed by atoms with Crippen molar-refractivity contribution in [3.05, 3.63) is 42.0 Å². The summed E-state index contributed by atoms with van der Waals surface area (Å²) in [5.74, 6) is 1.68. The highest BCUT2D eigenvalue weighted by atomic mass is 16.5. The first kappa shape index (κ1) is 16.0. The number of carbonyl (C=O) groups excluding carboxylic acids is 1. The third-order valence-electron chi connectivity index (χ3n) is 4.23. The van der Waals surface area contributed by atoms with E-state index in [0.717, 1.165) is 25.2 Å². The number of likely N-dealkylation sites (tertiary alicyclic amines) is 1. The molecule has 1 aromatic carbocycles. The molecule has 24 heavy (non-hydrogen) atoms. The summed E-state index contributed by atoms with van der Waals surface area (Å²) in [6.07, 6.45) is 3.64. The van der Waals surface area contributed by atoms with Gasteiger partial charge in [-0.2, -0.15) is 5.26 Å². The maximum absolute atomic E-state index is 12.4. The number of hydrogen-bond donors (Lipinski definition) is 0. The maximum Gasteiger partial charge on any atom is 0.260 e. The Morgan fingerprint density at radius 3 is 2.88 bits per heavy atom. The first-order valence-corrected chi connectivity index (χ1v) is 7.92. The molecule has 1 amide bonds. The summed E-state index contributed by atoms with van der Waals surface area (Å²) in [7, 11) is 1.92. The van der Waals surface area contributed by atoms with Gasteiger partial charge in [0.05, 0.1) is 11.6 Å². The number of nitriles is 1. The molecule has 1 aliphatic heterocycles. The van der Waals surface area contributed by atoms with Crippen molar-refractivity contribution < 1.29 is 9.53 Å². The first-order chi connectivity index (χ1) is 11.7. The summed E-state index contributed by atoms with van der Waals surface area (Å²) in [4.78, 5) is 14.2. The molecule has 0 spiro atoms.